The third-order valence-electron chi connectivity index (χ3n) is 2.88. The van der Waals surface area contributed by atoms with Crippen LogP contribution in [0.4, 0.5) is 0 Å². The molecule has 0 amide bonds. The molecule has 84 valence electrons. The van der Waals surface area contributed by atoms with Crippen LogP contribution in [0.2, 0.25) is 0 Å². The van der Waals surface area contributed by atoms with Crippen LogP contribution in [-0.2, 0) is 17.6 Å². The summed E-state index contributed by atoms with van der Waals surface area (Å²) in [5.41, 5.74) is 2.15. The highest BCUT2D eigenvalue weighted by atomic mass is 16.3. The number of benzene rings is 1. The molecule has 1 N–H and O–H groups in total. The Balaban J connectivity index is 2.28. The Labute approximate surface area is 95.6 Å². The van der Waals surface area contributed by atoms with E-state index in [1.165, 1.54) is 0 Å². The number of Topliss-reactive ketones (excluding diaryl/α,β-unsaturated/α-hetero) is 1. The van der Waals surface area contributed by atoms with E-state index >= 15 is 0 Å². The molecule has 0 heterocycles. The molecule has 0 radical (unpaired) electrons. The number of aliphatic hydroxyl groups excluding tert-OH is 1. The molecule has 0 saturated carbocycles. The van der Waals surface area contributed by atoms with Crippen molar-refractivity contribution in [3.05, 3.63) is 47.5 Å². The van der Waals surface area contributed by atoms with E-state index in [1.54, 1.807) is 0 Å². The van der Waals surface area contributed by atoms with E-state index in [0.29, 0.717) is 25.7 Å². The molecule has 2 rings (SSSR count). The maximum atomic E-state index is 11.6. The minimum Gasteiger partial charge on any atom is -0.392 e. The van der Waals surface area contributed by atoms with Crippen molar-refractivity contribution in [3.8, 4) is 0 Å². The van der Waals surface area contributed by atoms with Crippen molar-refractivity contribution in [2.45, 2.75) is 31.8 Å². The zero-order valence-electron chi connectivity index (χ0n) is 9.23. The Morgan fingerprint density at radius 2 is 1.88 bits per heavy atom. The molecule has 1 aromatic carbocycles. The van der Waals surface area contributed by atoms with Crippen molar-refractivity contribution in [1.29, 1.82) is 0 Å². The molecule has 0 aliphatic heterocycles. The fraction of sp³-hybridized carbons (Fsp3) is 0.357. The second kappa shape index (κ2) is 5.08. The van der Waals surface area contributed by atoms with Gasteiger partial charge < -0.3 is 5.11 Å². The maximum absolute atomic E-state index is 11.6. The van der Waals surface area contributed by atoms with E-state index in [-0.39, 0.29) is 11.9 Å². The molecule has 2 nitrogen and oxygen atoms in total. The largest absolute Gasteiger partial charge is 0.392 e. The van der Waals surface area contributed by atoms with Crippen LogP contribution >= 0.6 is 0 Å². The number of ketones is 1. The van der Waals surface area contributed by atoms with E-state index in [4.69, 9.17) is 0 Å². The van der Waals surface area contributed by atoms with Gasteiger partial charge in [0.25, 0.3) is 0 Å². The van der Waals surface area contributed by atoms with Gasteiger partial charge in [-0.1, -0.05) is 36.4 Å². The summed E-state index contributed by atoms with van der Waals surface area (Å²) in [6, 6.07) is 7.88. The zero-order chi connectivity index (χ0) is 11.4. The lowest BCUT2D eigenvalue weighted by Gasteiger charge is -2.13. The molecule has 0 fully saturated rings. The zero-order valence-corrected chi connectivity index (χ0v) is 9.23. The quantitative estimate of drug-likeness (QED) is 0.674. The summed E-state index contributed by atoms with van der Waals surface area (Å²) in [4.78, 5) is 11.6. The lowest BCUT2D eigenvalue weighted by atomic mass is 9.95. The van der Waals surface area contributed by atoms with Crippen molar-refractivity contribution in [2.24, 2.45) is 0 Å². The first kappa shape index (κ1) is 11.1. The number of carbonyl (C=O) groups excluding carboxylic acids is 1. The molecule has 0 bridgehead atoms. The molecule has 0 spiro atoms. The van der Waals surface area contributed by atoms with E-state index < -0.39 is 0 Å². The molecular formula is C14H16O2. The van der Waals surface area contributed by atoms with Crippen LogP contribution in [0.3, 0.4) is 0 Å². The summed E-state index contributed by atoms with van der Waals surface area (Å²) >= 11 is 0. The van der Waals surface area contributed by atoms with Crippen LogP contribution in [0, 0.1) is 0 Å². The first-order chi connectivity index (χ1) is 7.75. The summed E-state index contributed by atoms with van der Waals surface area (Å²) in [5, 5.41) is 9.81. The number of allylic oxidation sites excluding steroid dienone is 1. The smallest absolute Gasteiger partial charge is 0.141 e. The van der Waals surface area contributed by atoms with Crippen molar-refractivity contribution < 1.29 is 9.90 Å². The minimum atomic E-state index is -0.342. The van der Waals surface area contributed by atoms with Crippen molar-refractivity contribution in [1.82, 2.24) is 0 Å². The second-order valence-electron chi connectivity index (χ2n) is 4.25. The predicted molar refractivity (Wildman–Crippen MR) is 63.2 cm³/mol. The minimum absolute atomic E-state index is 0.236. The van der Waals surface area contributed by atoms with Gasteiger partial charge >= 0.3 is 0 Å². The molecule has 1 aliphatic carbocycles. The highest BCUT2D eigenvalue weighted by Crippen LogP contribution is 2.16. The number of aliphatic hydroxyl groups is 1. The van der Waals surface area contributed by atoms with Crippen LogP contribution in [0.5, 0.6) is 0 Å². The lowest BCUT2D eigenvalue weighted by molar-refractivity contribution is -0.117. The van der Waals surface area contributed by atoms with Gasteiger partial charge in [0.1, 0.15) is 5.78 Å². The summed E-state index contributed by atoms with van der Waals surface area (Å²) in [6.07, 6.45) is 5.63. The Morgan fingerprint density at radius 3 is 2.69 bits per heavy atom. The van der Waals surface area contributed by atoms with Crippen molar-refractivity contribution in [2.75, 3.05) is 0 Å². The maximum Gasteiger partial charge on any atom is 0.141 e. The van der Waals surface area contributed by atoms with E-state index in [9.17, 15) is 9.90 Å². The number of rotatable bonds is 0. The summed E-state index contributed by atoms with van der Waals surface area (Å²) in [5.74, 6) is 0.236. The molecule has 2 heteroatoms. The van der Waals surface area contributed by atoms with Gasteiger partial charge in [-0.25, -0.2) is 0 Å². The highest BCUT2D eigenvalue weighted by molar-refractivity contribution is 5.82. The van der Waals surface area contributed by atoms with Crippen LogP contribution in [0.15, 0.2) is 36.4 Å². The van der Waals surface area contributed by atoms with Gasteiger partial charge in [-0.3, -0.25) is 4.79 Å². The van der Waals surface area contributed by atoms with E-state index in [2.05, 4.69) is 0 Å². The number of hydrogen-bond donors (Lipinski definition) is 1. The lowest BCUT2D eigenvalue weighted by Crippen LogP contribution is -2.13. The van der Waals surface area contributed by atoms with Crippen LogP contribution < -0.4 is 0 Å². The number of fused-ring (bicyclic) bond motifs is 1. The van der Waals surface area contributed by atoms with Gasteiger partial charge in [-0.15, -0.1) is 0 Å². The fourth-order valence-corrected chi connectivity index (χ4v) is 2.02. The predicted octanol–water partition coefficient (Wildman–Crippen LogP) is 2.05. The third-order valence-corrected chi connectivity index (χ3v) is 2.88. The monoisotopic (exact) mass is 216 g/mol. The van der Waals surface area contributed by atoms with Gasteiger partial charge in [0.15, 0.2) is 0 Å². The first-order valence-corrected chi connectivity index (χ1v) is 5.67. The molecule has 1 atom stereocenters. The molecule has 1 aliphatic rings. The van der Waals surface area contributed by atoms with Gasteiger partial charge in [-0.05, 0) is 24.0 Å². The standard InChI is InChI=1S/C14H16O2/c15-13-7-3-4-8-14(16)10-12-6-2-1-5-11(12)9-13/h1-6,13,15H,7-10H2/b4-3-. The molecule has 1 unspecified atom stereocenters. The van der Waals surface area contributed by atoms with Crippen LogP contribution in [0.25, 0.3) is 0 Å². The normalized spacial score (nSPS) is 23.6. The fourth-order valence-electron chi connectivity index (χ4n) is 2.02. The average molecular weight is 216 g/mol. The Bertz CT molecular complexity index is 407. The van der Waals surface area contributed by atoms with Gasteiger partial charge in [0.2, 0.25) is 0 Å². The Hall–Kier alpha value is -1.41. The Morgan fingerprint density at radius 1 is 1.12 bits per heavy atom. The number of hydrogen-bond acceptors (Lipinski definition) is 2. The van der Waals surface area contributed by atoms with Gasteiger partial charge in [0.05, 0.1) is 6.10 Å². The summed E-state index contributed by atoms with van der Waals surface area (Å²) in [7, 11) is 0. The van der Waals surface area contributed by atoms with Gasteiger partial charge in [0, 0.05) is 12.8 Å². The topological polar surface area (TPSA) is 37.3 Å². The van der Waals surface area contributed by atoms with Crippen LogP contribution in [-0.4, -0.2) is 17.0 Å². The SMILES string of the molecule is O=C1C/C=C\CC(O)Cc2ccccc2C1. The molecule has 0 aromatic heterocycles. The molecule has 1 aromatic rings. The third kappa shape index (κ3) is 2.80. The van der Waals surface area contributed by atoms with Gasteiger partial charge in [-0.2, -0.15) is 0 Å². The first-order valence-electron chi connectivity index (χ1n) is 5.67. The molecule has 0 saturated heterocycles. The number of carbonyl (C=O) groups is 1. The highest BCUT2D eigenvalue weighted by Gasteiger charge is 2.11. The van der Waals surface area contributed by atoms with E-state index in [1.807, 2.05) is 36.4 Å². The Kier molecular flexibility index (Phi) is 3.52. The molecular weight excluding hydrogens is 200 g/mol. The van der Waals surface area contributed by atoms with Crippen molar-refractivity contribution in [3.63, 3.8) is 0 Å². The second-order valence-corrected chi connectivity index (χ2v) is 4.25. The summed E-state index contributed by atoms with van der Waals surface area (Å²) in [6.45, 7) is 0. The van der Waals surface area contributed by atoms with Crippen molar-refractivity contribution >= 4 is 5.78 Å². The van der Waals surface area contributed by atoms with Crippen LogP contribution in [0.1, 0.15) is 24.0 Å². The van der Waals surface area contributed by atoms with E-state index in [0.717, 1.165) is 11.1 Å². The summed E-state index contributed by atoms with van der Waals surface area (Å²) < 4.78 is 0. The average Bonchev–Trinajstić information content (AvgIpc) is 2.27. The molecule has 16 heavy (non-hydrogen) atoms.